The maximum Gasteiger partial charge on any atom is 0.179 e. The first-order valence-corrected chi connectivity index (χ1v) is 7.63. The Kier molecular flexibility index (Phi) is 5.37. The molecule has 1 fully saturated rings. The van der Waals surface area contributed by atoms with Crippen LogP contribution in [0.5, 0.6) is 5.75 Å². The van der Waals surface area contributed by atoms with Gasteiger partial charge in [0.25, 0.3) is 0 Å². The molecule has 2 atom stereocenters. The van der Waals surface area contributed by atoms with E-state index in [-0.39, 0.29) is 17.9 Å². The molecular weight excluding hydrogens is 266 g/mol. The van der Waals surface area contributed by atoms with Gasteiger partial charge >= 0.3 is 0 Å². The molecule has 1 aliphatic heterocycles. The molecule has 0 bridgehead atoms. The van der Waals surface area contributed by atoms with Gasteiger partial charge in [-0.1, -0.05) is 0 Å². The van der Waals surface area contributed by atoms with Crippen LogP contribution >= 0.6 is 0 Å². The summed E-state index contributed by atoms with van der Waals surface area (Å²) in [5, 5.41) is 9.64. The molecule has 0 aliphatic carbocycles. The number of carbonyl (C=O) groups is 1. The number of benzene rings is 1. The lowest BCUT2D eigenvalue weighted by Crippen LogP contribution is -2.45. The van der Waals surface area contributed by atoms with E-state index < -0.39 is 0 Å². The van der Waals surface area contributed by atoms with Gasteiger partial charge in [0.05, 0.1) is 19.3 Å². The molecule has 4 heteroatoms. The third kappa shape index (κ3) is 3.83. The molecule has 0 aromatic heterocycles. The highest BCUT2D eigenvalue weighted by Gasteiger charge is 2.28. The van der Waals surface area contributed by atoms with E-state index in [1.165, 1.54) is 0 Å². The minimum atomic E-state index is -0.250. The molecule has 0 saturated carbocycles. The van der Waals surface area contributed by atoms with Crippen molar-refractivity contribution in [2.45, 2.75) is 38.8 Å². The first-order valence-electron chi connectivity index (χ1n) is 7.63. The lowest BCUT2D eigenvalue weighted by molar-refractivity contribution is 0.0527. The van der Waals surface area contributed by atoms with Gasteiger partial charge in [0.2, 0.25) is 0 Å². The smallest absolute Gasteiger partial charge is 0.179 e. The normalized spacial score (nSPS) is 20.0. The Morgan fingerprint density at radius 2 is 1.81 bits per heavy atom. The van der Waals surface area contributed by atoms with E-state index in [0.717, 1.165) is 37.2 Å². The fraction of sp³-hybridized carbons (Fsp3) is 0.588. The van der Waals surface area contributed by atoms with Gasteiger partial charge in [-0.05, 0) is 70.0 Å². The molecule has 0 radical (unpaired) electrons. The quantitative estimate of drug-likeness (QED) is 0.846. The zero-order valence-electron chi connectivity index (χ0n) is 13.1. The Morgan fingerprint density at radius 1 is 1.24 bits per heavy atom. The maximum absolute atomic E-state index is 12.5. The van der Waals surface area contributed by atoms with Crippen molar-refractivity contribution >= 4 is 5.78 Å². The average Bonchev–Trinajstić information content (AvgIpc) is 2.53. The van der Waals surface area contributed by atoms with Crippen LogP contribution in [0.2, 0.25) is 0 Å². The number of rotatable bonds is 5. The van der Waals surface area contributed by atoms with Crippen LogP contribution in [0.15, 0.2) is 24.3 Å². The number of ether oxygens (including phenoxy) is 1. The topological polar surface area (TPSA) is 49.8 Å². The van der Waals surface area contributed by atoms with Crippen LogP contribution in [0.1, 0.15) is 37.0 Å². The first kappa shape index (κ1) is 16.0. The predicted molar refractivity (Wildman–Crippen MR) is 82.8 cm³/mol. The molecule has 2 rings (SSSR count). The summed E-state index contributed by atoms with van der Waals surface area (Å²) in [6.45, 7) is 5.57. The van der Waals surface area contributed by atoms with Crippen LogP contribution in [-0.2, 0) is 0 Å². The predicted octanol–water partition coefficient (Wildman–Crippen LogP) is 2.36. The second-order valence-corrected chi connectivity index (χ2v) is 5.88. The second-order valence-electron chi connectivity index (χ2n) is 5.88. The summed E-state index contributed by atoms with van der Waals surface area (Å²) in [6.07, 6.45) is 1.66. The van der Waals surface area contributed by atoms with Crippen molar-refractivity contribution in [2.24, 2.45) is 5.92 Å². The van der Waals surface area contributed by atoms with Gasteiger partial charge in [-0.15, -0.1) is 0 Å². The van der Waals surface area contributed by atoms with Gasteiger partial charge in [0, 0.05) is 5.56 Å². The zero-order chi connectivity index (χ0) is 15.4. The van der Waals surface area contributed by atoms with Crippen molar-refractivity contribution in [3.05, 3.63) is 29.8 Å². The SMILES string of the molecule is COc1ccc(C(=O)C(C)N2CCC(C(C)O)CC2)cc1. The largest absolute Gasteiger partial charge is 0.497 e. The summed E-state index contributed by atoms with van der Waals surface area (Å²) < 4.78 is 5.11. The molecule has 2 unspecified atom stereocenters. The minimum absolute atomic E-state index is 0.117. The number of methoxy groups -OCH3 is 1. The second kappa shape index (κ2) is 7.05. The number of likely N-dealkylation sites (tertiary alicyclic amines) is 1. The number of hydrogen-bond donors (Lipinski definition) is 1. The molecule has 21 heavy (non-hydrogen) atoms. The highest BCUT2D eigenvalue weighted by molar-refractivity contribution is 5.99. The highest BCUT2D eigenvalue weighted by Crippen LogP contribution is 2.23. The van der Waals surface area contributed by atoms with Crippen LogP contribution in [0.4, 0.5) is 0 Å². The average molecular weight is 291 g/mol. The number of Topliss-reactive ketones (excluding diaryl/α,β-unsaturated/α-hetero) is 1. The molecule has 1 saturated heterocycles. The summed E-state index contributed by atoms with van der Waals surface area (Å²) in [5.41, 5.74) is 0.723. The van der Waals surface area contributed by atoms with Crippen LogP contribution < -0.4 is 4.74 Å². The maximum atomic E-state index is 12.5. The van der Waals surface area contributed by atoms with E-state index in [2.05, 4.69) is 4.90 Å². The van der Waals surface area contributed by atoms with Crippen LogP contribution in [0.25, 0.3) is 0 Å². The van der Waals surface area contributed by atoms with E-state index in [9.17, 15) is 9.90 Å². The Hall–Kier alpha value is -1.39. The zero-order valence-corrected chi connectivity index (χ0v) is 13.1. The van der Waals surface area contributed by atoms with E-state index in [4.69, 9.17) is 4.74 Å². The number of ketones is 1. The van der Waals surface area contributed by atoms with Crippen molar-refractivity contribution < 1.29 is 14.6 Å². The lowest BCUT2D eigenvalue weighted by Gasteiger charge is -2.36. The summed E-state index contributed by atoms with van der Waals surface area (Å²) in [6, 6.07) is 7.16. The van der Waals surface area contributed by atoms with Crippen molar-refractivity contribution in [1.82, 2.24) is 4.90 Å². The number of aliphatic hydroxyl groups is 1. The molecule has 1 aromatic carbocycles. The van der Waals surface area contributed by atoms with Gasteiger partial charge in [-0.25, -0.2) is 0 Å². The Balaban J connectivity index is 1.96. The Morgan fingerprint density at radius 3 is 2.29 bits per heavy atom. The van der Waals surface area contributed by atoms with E-state index in [1.54, 1.807) is 7.11 Å². The number of carbonyl (C=O) groups excluding carboxylic acids is 1. The number of nitrogens with zero attached hydrogens (tertiary/aromatic N) is 1. The van der Waals surface area contributed by atoms with Crippen molar-refractivity contribution in [3.8, 4) is 5.75 Å². The summed E-state index contributed by atoms with van der Waals surface area (Å²) in [4.78, 5) is 14.7. The van der Waals surface area contributed by atoms with Gasteiger partial charge in [-0.3, -0.25) is 9.69 Å². The first-order chi connectivity index (χ1) is 10.0. The Labute approximate surface area is 126 Å². The van der Waals surface area contributed by atoms with Crippen molar-refractivity contribution in [3.63, 3.8) is 0 Å². The summed E-state index contributed by atoms with van der Waals surface area (Å²) >= 11 is 0. The molecule has 4 nitrogen and oxygen atoms in total. The highest BCUT2D eigenvalue weighted by atomic mass is 16.5. The van der Waals surface area contributed by atoms with Gasteiger partial charge < -0.3 is 9.84 Å². The van der Waals surface area contributed by atoms with Crippen molar-refractivity contribution in [1.29, 1.82) is 0 Å². The van der Waals surface area contributed by atoms with Gasteiger partial charge in [0.1, 0.15) is 5.75 Å². The van der Waals surface area contributed by atoms with Crippen molar-refractivity contribution in [2.75, 3.05) is 20.2 Å². The van der Waals surface area contributed by atoms with Crippen LogP contribution in [-0.4, -0.2) is 48.1 Å². The van der Waals surface area contributed by atoms with Crippen LogP contribution in [0, 0.1) is 5.92 Å². The number of aliphatic hydroxyl groups excluding tert-OH is 1. The monoisotopic (exact) mass is 291 g/mol. The van der Waals surface area contributed by atoms with Crippen LogP contribution in [0.3, 0.4) is 0 Å². The fourth-order valence-corrected chi connectivity index (χ4v) is 2.95. The number of hydrogen-bond acceptors (Lipinski definition) is 4. The molecule has 1 aliphatic rings. The molecule has 0 spiro atoms. The third-order valence-corrected chi connectivity index (χ3v) is 4.56. The Bertz CT molecular complexity index is 461. The van der Waals surface area contributed by atoms with Gasteiger partial charge in [0.15, 0.2) is 5.78 Å². The standard InChI is InChI=1S/C17H25NO3/c1-12(18-10-8-14(9-11-18)13(2)19)17(20)15-4-6-16(21-3)7-5-15/h4-7,12-14,19H,8-11H2,1-3H3. The molecule has 1 aromatic rings. The number of piperidine rings is 1. The van der Waals surface area contributed by atoms with E-state index >= 15 is 0 Å². The molecule has 116 valence electrons. The molecule has 1 heterocycles. The molecular formula is C17H25NO3. The van der Waals surface area contributed by atoms with Gasteiger partial charge in [-0.2, -0.15) is 0 Å². The minimum Gasteiger partial charge on any atom is -0.497 e. The molecule has 1 N–H and O–H groups in total. The molecule has 0 amide bonds. The summed E-state index contributed by atoms with van der Waals surface area (Å²) in [5.74, 6) is 1.27. The summed E-state index contributed by atoms with van der Waals surface area (Å²) in [7, 11) is 1.62. The third-order valence-electron chi connectivity index (χ3n) is 4.56. The van der Waals surface area contributed by atoms with E-state index in [1.807, 2.05) is 38.1 Å². The fourth-order valence-electron chi connectivity index (χ4n) is 2.95. The lowest BCUT2D eigenvalue weighted by atomic mass is 9.90. The van der Waals surface area contributed by atoms with E-state index in [0.29, 0.717) is 5.92 Å².